The van der Waals surface area contributed by atoms with Crippen molar-refractivity contribution in [2.75, 3.05) is 6.61 Å². The third-order valence-electron chi connectivity index (χ3n) is 1.81. The van der Waals surface area contributed by atoms with Crippen molar-refractivity contribution < 1.29 is 5.11 Å². The lowest BCUT2D eigenvalue weighted by atomic mass is 10.1. The van der Waals surface area contributed by atoms with Crippen LogP contribution in [0.15, 0.2) is 12.5 Å². The van der Waals surface area contributed by atoms with Crippen molar-refractivity contribution in [1.82, 2.24) is 15.3 Å². The molecule has 0 saturated carbocycles. The van der Waals surface area contributed by atoms with Crippen molar-refractivity contribution in [1.29, 1.82) is 0 Å². The maximum Gasteiger partial charge on any atom is 0.0921 e. The first-order valence-corrected chi connectivity index (χ1v) is 4.56. The highest BCUT2D eigenvalue weighted by Crippen LogP contribution is 1.98. The van der Waals surface area contributed by atoms with Crippen LogP contribution < -0.4 is 5.32 Å². The van der Waals surface area contributed by atoms with E-state index < -0.39 is 0 Å². The van der Waals surface area contributed by atoms with Crippen LogP contribution in [0.5, 0.6) is 0 Å². The van der Waals surface area contributed by atoms with E-state index in [0.29, 0.717) is 6.04 Å². The van der Waals surface area contributed by atoms with Crippen LogP contribution in [0.2, 0.25) is 0 Å². The van der Waals surface area contributed by atoms with E-state index in [1.807, 2.05) is 0 Å². The van der Waals surface area contributed by atoms with E-state index in [9.17, 15) is 0 Å². The second kappa shape index (κ2) is 4.99. The second-order valence-electron chi connectivity index (χ2n) is 3.48. The summed E-state index contributed by atoms with van der Waals surface area (Å²) < 4.78 is 0. The topological polar surface area (TPSA) is 60.9 Å². The normalized spacial score (nSPS) is 13.5. The van der Waals surface area contributed by atoms with Crippen LogP contribution in [0.25, 0.3) is 0 Å². The number of nitrogens with one attached hydrogen (secondary N) is 2. The van der Waals surface area contributed by atoms with Gasteiger partial charge in [-0.2, -0.15) is 0 Å². The fraction of sp³-hybridized carbons (Fsp3) is 0.667. The molecule has 3 N–H and O–H groups in total. The van der Waals surface area contributed by atoms with Crippen LogP contribution in [0.4, 0.5) is 0 Å². The molecule has 13 heavy (non-hydrogen) atoms. The molecule has 4 nitrogen and oxygen atoms in total. The minimum Gasteiger partial charge on any atom is -0.395 e. The Labute approximate surface area is 78.4 Å². The molecule has 0 saturated heterocycles. The number of nitrogens with zero attached hydrogens (tertiary/aromatic N) is 1. The van der Waals surface area contributed by atoms with Gasteiger partial charge in [0.05, 0.1) is 12.9 Å². The lowest BCUT2D eigenvalue weighted by molar-refractivity contribution is 0.234. The molecular weight excluding hydrogens is 166 g/mol. The van der Waals surface area contributed by atoms with E-state index in [0.717, 1.165) is 12.1 Å². The highest BCUT2D eigenvalue weighted by Gasteiger charge is 2.09. The predicted molar refractivity (Wildman–Crippen MR) is 51.4 cm³/mol. The number of H-pyrrole nitrogens is 1. The molecule has 0 bridgehead atoms. The molecule has 0 aliphatic carbocycles. The van der Waals surface area contributed by atoms with Gasteiger partial charge in [-0.1, -0.05) is 13.8 Å². The van der Waals surface area contributed by atoms with Gasteiger partial charge in [0.15, 0.2) is 0 Å². The molecule has 1 unspecified atom stereocenters. The maximum atomic E-state index is 9.08. The molecule has 0 aromatic carbocycles. The Morgan fingerprint density at radius 2 is 2.38 bits per heavy atom. The van der Waals surface area contributed by atoms with Crippen LogP contribution >= 0.6 is 0 Å². The second-order valence-corrected chi connectivity index (χ2v) is 3.48. The number of rotatable bonds is 5. The van der Waals surface area contributed by atoms with Crippen molar-refractivity contribution in [2.45, 2.75) is 32.4 Å². The summed E-state index contributed by atoms with van der Waals surface area (Å²) in [6, 6.07) is 0.500. The van der Waals surface area contributed by atoms with Crippen molar-refractivity contribution >= 4 is 0 Å². The third-order valence-corrected chi connectivity index (χ3v) is 1.81. The molecule has 0 fully saturated rings. The number of imidazole rings is 1. The van der Waals surface area contributed by atoms with Gasteiger partial charge in [-0.3, -0.25) is 0 Å². The summed E-state index contributed by atoms with van der Waals surface area (Å²) >= 11 is 0. The first-order valence-electron chi connectivity index (χ1n) is 4.56. The Hall–Kier alpha value is -0.870. The van der Waals surface area contributed by atoms with Crippen molar-refractivity contribution in [3.05, 3.63) is 18.2 Å². The van der Waals surface area contributed by atoms with Crippen molar-refractivity contribution in [2.24, 2.45) is 0 Å². The van der Waals surface area contributed by atoms with Gasteiger partial charge in [-0.05, 0) is 0 Å². The number of aromatic amines is 1. The summed E-state index contributed by atoms with van der Waals surface area (Å²) in [7, 11) is 0. The summed E-state index contributed by atoms with van der Waals surface area (Å²) in [6.45, 7) is 4.28. The van der Waals surface area contributed by atoms with Gasteiger partial charge in [0.2, 0.25) is 0 Å². The van der Waals surface area contributed by atoms with Gasteiger partial charge in [-0.15, -0.1) is 0 Å². The van der Waals surface area contributed by atoms with E-state index in [1.54, 1.807) is 12.5 Å². The van der Waals surface area contributed by atoms with Crippen LogP contribution in [0.3, 0.4) is 0 Å². The van der Waals surface area contributed by atoms with Gasteiger partial charge in [-0.25, -0.2) is 4.98 Å². The fourth-order valence-electron chi connectivity index (χ4n) is 1.31. The largest absolute Gasteiger partial charge is 0.395 e. The number of hydrogen-bond donors (Lipinski definition) is 3. The lowest BCUT2D eigenvalue weighted by Gasteiger charge is -2.17. The molecule has 1 atom stereocenters. The van der Waals surface area contributed by atoms with Crippen LogP contribution in [0, 0.1) is 0 Å². The monoisotopic (exact) mass is 183 g/mol. The number of aliphatic hydroxyl groups is 1. The molecule has 0 radical (unpaired) electrons. The molecule has 0 amide bonds. The summed E-state index contributed by atoms with van der Waals surface area (Å²) in [6.07, 6.45) is 4.22. The van der Waals surface area contributed by atoms with E-state index in [-0.39, 0.29) is 12.6 Å². The lowest BCUT2D eigenvalue weighted by Crippen LogP contribution is -2.39. The van der Waals surface area contributed by atoms with Crippen LogP contribution in [-0.4, -0.2) is 33.8 Å². The molecule has 1 rings (SSSR count). The SMILES string of the molecule is CC(C)NC(CO)Cc1cnc[nH]1. The molecule has 1 aromatic rings. The van der Waals surface area contributed by atoms with E-state index in [2.05, 4.69) is 29.1 Å². The molecule has 0 aliphatic rings. The van der Waals surface area contributed by atoms with Gasteiger partial charge in [0.1, 0.15) is 0 Å². The zero-order chi connectivity index (χ0) is 9.68. The summed E-state index contributed by atoms with van der Waals surface area (Å²) in [4.78, 5) is 6.94. The van der Waals surface area contributed by atoms with Crippen molar-refractivity contribution in [3.8, 4) is 0 Å². The molecular formula is C9H17N3O. The van der Waals surface area contributed by atoms with Gasteiger partial charge in [0.25, 0.3) is 0 Å². The van der Waals surface area contributed by atoms with E-state index in [1.165, 1.54) is 0 Å². The van der Waals surface area contributed by atoms with E-state index >= 15 is 0 Å². The van der Waals surface area contributed by atoms with E-state index in [4.69, 9.17) is 5.11 Å². The summed E-state index contributed by atoms with van der Waals surface area (Å²) in [5.41, 5.74) is 1.05. The number of aromatic nitrogens is 2. The number of aliphatic hydroxyl groups excluding tert-OH is 1. The highest BCUT2D eigenvalue weighted by molar-refractivity contribution is 4.97. The molecule has 74 valence electrons. The fourth-order valence-corrected chi connectivity index (χ4v) is 1.31. The van der Waals surface area contributed by atoms with Gasteiger partial charge >= 0.3 is 0 Å². The number of hydrogen-bond acceptors (Lipinski definition) is 3. The standard InChI is InChI=1S/C9H17N3O/c1-7(2)12-9(5-13)3-8-4-10-6-11-8/h4,6-7,9,12-13H,3,5H2,1-2H3,(H,10,11). The molecule has 4 heteroatoms. The summed E-state index contributed by atoms with van der Waals surface area (Å²) in [5.74, 6) is 0. The Kier molecular flexibility index (Phi) is 3.92. The van der Waals surface area contributed by atoms with Crippen molar-refractivity contribution in [3.63, 3.8) is 0 Å². The zero-order valence-electron chi connectivity index (χ0n) is 8.12. The molecule has 0 spiro atoms. The average molecular weight is 183 g/mol. The summed E-state index contributed by atoms with van der Waals surface area (Å²) in [5, 5.41) is 12.3. The van der Waals surface area contributed by atoms with Gasteiger partial charge < -0.3 is 15.4 Å². The Morgan fingerprint density at radius 1 is 1.62 bits per heavy atom. The first kappa shape index (κ1) is 10.2. The molecule has 1 aromatic heterocycles. The minimum atomic E-state index is 0.112. The Bertz CT molecular complexity index is 221. The van der Waals surface area contributed by atoms with Gasteiger partial charge in [0, 0.05) is 30.4 Å². The quantitative estimate of drug-likeness (QED) is 0.615. The molecule has 0 aliphatic heterocycles. The Morgan fingerprint density at radius 3 is 2.85 bits per heavy atom. The zero-order valence-corrected chi connectivity index (χ0v) is 8.12. The molecule has 1 heterocycles. The minimum absolute atomic E-state index is 0.112. The highest BCUT2D eigenvalue weighted by atomic mass is 16.3. The maximum absolute atomic E-state index is 9.08. The average Bonchev–Trinajstić information content (AvgIpc) is 2.55. The Balaban J connectivity index is 2.40. The predicted octanol–water partition coefficient (Wildman–Crippen LogP) is 0.311. The first-order chi connectivity index (χ1) is 6.22. The smallest absolute Gasteiger partial charge is 0.0921 e. The third kappa shape index (κ3) is 3.57. The van der Waals surface area contributed by atoms with Crippen LogP contribution in [-0.2, 0) is 6.42 Å². The van der Waals surface area contributed by atoms with Crippen LogP contribution in [0.1, 0.15) is 19.5 Å².